The van der Waals surface area contributed by atoms with Crippen molar-refractivity contribution in [2.24, 2.45) is 0 Å². The fourth-order valence-electron chi connectivity index (χ4n) is 8.26. The topological polar surface area (TPSA) is 239 Å². The van der Waals surface area contributed by atoms with Crippen LogP contribution >= 0.6 is 0 Å². The number of carboxylic acids is 3. The number of carbonyl (C=O) groups is 7. The standard InChI is InChI=1S/C36H63N7O12/c1-24(44)37-26-15-33(3,4)42(34(5,6)16-26)54-31(52)22-39(11-13-40(19-28(46)47)20-29(48)49)12-14-41(21-30(50)51)23-32(53)55-43-35(7,8)17-27(38-25(2)45)18-36(43,9)10/h26-27H,11-23H2,1-10H3,(H,37,44)(H,38,45)(H,46,47)(H,48,49)(H,50,51). The van der Waals surface area contributed by atoms with Gasteiger partial charge in [0.2, 0.25) is 11.8 Å². The van der Waals surface area contributed by atoms with Crippen molar-refractivity contribution in [1.29, 1.82) is 0 Å². The highest BCUT2D eigenvalue weighted by atomic mass is 16.7. The van der Waals surface area contributed by atoms with Gasteiger partial charge in [-0.15, -0.1) is 10.1 Å². The predicted octanol–water partition coefficient (Wildman–Crippen LogP) is 0.378. The molecule has 2 amide bonds. The molecule has 0 spiro atoms. The van der Waals surface area contributed by atoms with E-state index in [-0.39, 0.29) is 56.6 Å². The highest BCUT2D eigenvalue weighted by molar-refractivity contribution is 5.75. The van der Waals surface area contributed by atoms with E-state index in [0.29, 0.717) is 25.7 Å². The number of hydroxylamine groups is 4. The van der Waals surface area contributed by atoms with Crippen LogP contribution in [0.25, 0.3) is 0 Å². The highest BCUT2D eigenvalue weighted by Gasteiger charge is 2.50. The van der Waals surface area contributed by atoms with E-state index in [0.717, 1.165) is 0 Å². The lowest BCUT2D eigenvalue weighted by atomic mass is 9.79. The number of amides is 2. The summed E-state index contributed by atoms with van der Waals surface area (Å²) in [7, 11) is 0. The Bertz CT molecular complexity index is 1370. The van der Waals surface area contributed by atoms with Crippen LogP contribution in [0.2, 0.25) is 0 Å². The first-order valence-corrected chi connectivity index (χ1v) is 18.5. The Morgan fingerprint density at radius 3 is 1.04 bits per heavy atom. The molecule has 0 aromatic carbocycles. The Balaban J connectivity index is 2.26. The van der Waals surface area contributed by atoms with Crippen LogP contribution in [-0.2, 0) is 43.2 Å². The quantitative estimate of drug-likeness (QED) is 0.112. The number of hydrogen-bond donors (Lipinski definition) is 5. The molecular weight excluding hydrogens is 722 g/mol. The molecule has 19 heteroatoms. The van der Waals surface area contributed by atoms with Crippen molar-refractivity contribution in [3.8, 4) is 0 Å². The van der Waals surface area contributed by atoms with E-state index in [9.17, 15) is 48.9 Å². The average Bonchev–Trinajstić information content (AvgIpc) is 2.95. The molecule has 0 aromatic rings. The van der Waals surface area contributed by atoms with Crippen LogP contribution in [-0.4, -0.2) is 175 Å². The molecule has 2 fully saturated rings. The molecular formula is C36H63N7O12. The smallest absolute Gasteiger partial charge is 0.339 e. The SMILES string of the molecule is CC(=O)NC1CC(C)(C)N(OC(=O)CN(CCN(CC(=O)O)CC(=O)O)CCN(CC(=O)O)CC(=O)ON2C(C)(C)CC(NC(C)=O)CC2(C)C)C(C)(C)C1. The summed E-state index contributed by atoms with van der Waals surface area (Å²) < 4.78 is 0. The van der Waals surface area contributed by atoms with Crippen molar-refractivity contribution in [3.05, 3.63) is 0 Å². The number of nitrogens with one attached hydrogen (secondary N) is 2. The monoisotopic (exact) mass is 785 g/mol. The summed E-state index contributed by atoms with van der Waals surface area (Å²) in [5, 5.41) is 37.5. The third kappa shape index (κ3) is 15.6. The lowest BCUT2D eigenvalue weighted by Crippen LogP contribution is -2.64. The van der Waals surface area contributed by atoms with Gasteiger partial charge in [-0.3, -0.25) is 38.7 Å². The second kappa shape index (κ2) is 19.3. The molecule has 2 aliphatic heterocycles. The molecule has 0 aliphatic carbocycles. The molecule has 0 atom stereocenters. The van der Waals surface area contributed by atoms with E-state index in [1.54, 1.807) is 15.0 Å². The Labute approximate surface area is 323 Å². The van der Waals surface area contributed by atoms with Crippen molar-refractivity contribution in [1.82, 2.24) is 35.5 Å². The minimum Gasteiger partial charge on any atom is -0.480 e. The maximum Gasteiger partial charge on any atom is 0.339 e. The highest BCUT2D eigenvalue weighted by Crippen LogP contribution is 2.40. The van der Waals surface area contributed by atoms with E-state index in [1.165, 1.54) is 23.6 Å². The third-order valence-electron chi connectivity index (χ3n) is 9.63. The number of hydrogen-bond acceptors (Lipinski definition) is 14. The summed E-state index contributed by atoms with van der Waals surface area (Å²) in [5.41, 5.74) is -2.73. The van der Waals surface area contributed by atoms with Crippen LogP contribution in [0.15, 0.2) is 0 Å². The zero-order chi connectivity index (χ0) is 42.1. The minimum absolute atomic E-state index is 0.00400. The largest absolute Gasteiger partial charge is 0.480 e. The Morgan fingerprint density at radius 2 is 0.764 bits per heavy atom. The summed E-state index contributed by atoms with van der Waals surface area (Å²) in [6.45, 7) is 15.5. The van der Waals surface area contributed by atoms with Crippen molar-refractivity contribution in [2.75, 3.05) is 58.9 Å². The van der Waals surface area contributed by atoms with Crippen molar-refractivity contribution in [2.45, 2.75) is 129 Å². The average molecular weight is 786 g/mol. The molecule has 0 radical (unpaired) electrons. The number of piperidine rings is 2. The molecule has 19 nitrogen and oxygen atoms in total. The normalized spacial score (nSPS) is 19.9. The summed E-state index contributed by atoms with van der Waals surface area (Å²) in [5.74, 6) is -5.41. The Morgan fingerprint density at radius 1 is 0.509 bits per heavy atom. The van der Waals surface area contributed by atoms with Gasteiger partial charge in [0.25, 0.3) is 0 Å². The zero-order valence-corrected chi connectivity index (χ0v) is 34.1. The van der Waals surface area contributed by atoms with Crippen LogP contribution in [0.1, 0.15) is 94.9 Å². The van der Waals surface area contributed by atoms with Gasteiger partial charge >= 0.3 is 29.8 Å². The van der Waals surface area contributed by atoms with Gasteiger partial charge in [-0.1, -0.05) is 0 Å². The van der Waals surface area contributed by atoms with E-state index < -0.39 is 78.2 Å². The van der Waals surface area contributed by atoms with Gasteiger partial charge in [0.05, 0.1) is 54.9 Å². The first-order valence-electron chi connectivity index (χ1n) is 18.5. The number of carbonyl (C=O) groups excluding carboxylic acids is 4. The van der Waals surface area contributed by atoms with Crippen molar-refractivity contribution < 1.29 is 58.6 Å². The third-order valence-corrected chi connectivity index (χ3v) is 9.63. The summed E-state index contributed by atoms with van der Waals surface area (Å²) in [6.07, 6.45) is 1.98. The molecule has 2 rings (SSSR count). The van der Waals surface area contributed by atoms with Gasteiger partial charge < -0.3 is 35.6 Å². The number of aliphatic carboxylic acids is 3. The van der Waals surface area contributed by atoms with Gasteiger partial charge in [0.1, 0.15) is 0 Å². The zero-order valence-electron chi connectivity index (χ0n) is 34.1. The number of rotatable bonds is 20. The molecule has 2 aliphatic rings. The van der Waals surface area contributed by atoms with Gasteiger partial charge in [-0.25, -0.2) is 9.59 Å². The summed E-state index contributed by atoms with van der Waals surface area (Å²) in [4.78, 5) is 101. The molecule has 2 saturated heterocycles. The molecule has 0 aromatic heterocycles. The fourth-order valence-corrected chi connectivity index (χ4v) is 8.26. The molecule has 2 heterocycles. The van der Waals surface area contributed by atoms with Crippen molar-refractivity contribution in [3.63, 3.8) is 0 Å². The van der Waals surface area contributed by atoms with Gasteiger partial charge in [-0.05, 0) is 81.1 Å². The first kappa shape index (κ1) is 47.2. The number of nitrogens with zero attached hydrogens (tertiary/aromatic N) is 5. The summed E-state index contributed by atoms with van der Waals surface area (Å²) in [6, 6.07) is -0.295. The minimum atomic E-state index is -1.24. The van der Waals surface area contributed by atoms with Crippen molar-refractivity contribution >= 4 is 41.7 Å². The second-order valence-electron chi connectivity index (χ2n) is 17.3. The van der Waals surface area contributed by atoms with Crippen LogP contribution in [0.4, 0.5) is 0 Å². The van der Waals surface area contributed by atoms with E-state index in [1.807, 2.05) is 55.4 Å². The Kier molecular flexibility index (Phi) is 16.6. The maximum absolute atomic E-state index is 13.6. The Hall–Kier alpha value is -3.91. The molecule has 0 saturated carbocycles. The summed E-state index contributed by atoms with van der Waals surface area (Å²) >= 11 is 0. The van der Waals surface area contributed by atoms with E-state index in [4.69, 9.17) is 9.68 Å². The van der Waals surface area contributed by atoms with E-state index >= 15 is 0 Å². The molecule has 55 heavy (non-hydrogen) atoms. The van der Waals surface area contributed by atoms with Gasteiger partial charge in [0.15, 0.2) is 0 Å². The lowest BCUT2D eigenvalue weighted by molar-refractivity contribution is -0.269. The molecule has 5 N–H and O–H groups in total. The van der Waals surface area contributed by atoms with Crippen LogP contribution in [0, 0.1) is 0 Å². The second-order valence-corrected chi connectivity index (χ2v) is 17.3. The number of carboxylic acid groups (broad SMARTS) is 3. The first-order chi connectivity index (χ1) is 25.1. The van der Waals surface area contributed by atoms with Gasteiger partial charge in [0, 0.05) is 52.1 Å². The fraction of sp³-hybridized carbons (Fsp3) is 0.806. The van der Waals surface area contributed by atoms with Crippen LogP contribution in [0.5, 0.6) is 0 Å². The van der Waals surface area contributed by atoms with Crippen LogP contribution in [0.3, 0.4) is 0 Å². The van der Waals surface area contributed by atoms with Gasteiger partial charge in [-0.2, -0.15) is 0 Å². The van der Waals surface area contributed by atoms with Crippen LogP contribution < -0.4 is 10.6 Å². The molecule has 314 valence electrons. The lowest BCUT2D eigenvalue weighted by Gasteiger charge is -2.53. The predicted molar refractivity (Wildman–Crippen MR) is 198 cm³/mol. The molecule has 0 bridgehead atoms. The maximum atomic E-state index is 13.6. The van der Waals surface area contributed by atoms with E-state index in [2.05, 4.69) is 10.6 Å². The molecule has 0 unspecified atom stereocenters.